The van der Waals surface area contributed by atoms with Gasteiger partial charge in [-0.1, -0.05) is 0 Å². The van der Waals surface area contributed by atoms with Gasteiger partial charge >= 0.3 is 0 Å². The number of nitrogens with zero attached hydrogens (tertiary/aromatic N) is 1. The van der Waals surface area contributed by atoms with Gasteiger partial charge in [-0.2, -0.15) is 12.6 Å². The number of rotatable bonds is 1. The van der Waals surface area contributed by atoms with Crippen molar-refractivity contribution in [3.8, 4) is 5.75 Å². The maximum atomic E-state index is 11.3. The molecule has 66 valence electrons. The third kappa shape index (κ3) is 1.64. The molecule has 1 heterocycles. The number of aromatic hydroxyl groups is 1. The van der Waals surface area contributed by atoms with Crippen molar-refractivity contribution in [1.29, 1.82) is 0 Å². The molecule has 0 atom stereocenters. The first-order chi connectivity index (χ1) is 5.43. The third-order valence-electron chi connectivity index (χ3n) is 1.52. The Hall–Kier alpha value is -0.900. The second-order valence-corrected chi connectivity index (χ2v) is 4.16. The van der Waals surface area contributed by atoms with Gasteiger partial charge in [0, 0.05) is 6.20 Å². The van der Waals surface area contributed by atoms with Crippen LogP contribution in [0.2, 0.25) is 0 Å². The zero-order valence-electron chi connectivity index (χ0n) is 6.98. The standard InChI is InChI=1S/C8H11NO2S/c1-8(2,12)9-5-3-4-6(10)7(9)11/h3-5,10,12H,1-2H3. The molecule has 12 heavy (non-hydrogen) atoms. The second kappa shape index (κ2) is 2.86. The smallest absolute Gasteiger partial charge is 0.293 e. The van der Waals surface area contributed by atoms with E-state index in [1.807, 2.05) is 0 Å². The van der Waals surface area contributed by atoms with E-state index in [1.54, 1.807) is 26.1 Å². The third-order valence-corrected chi connectivity index (χ3v) is 1.73. The lowest BCUT2D eigenvalue weighted by Gasteiger charge is -2.20. The molecule has 3 nitrogen and oxygen atoms in total. The topological polar surface area (TPSA) is 42.2 Å². The van der Waals surface area contributed by atoms with E-state index in [1.165, 1.54) is 10.6 Å². The van der Waals surface area contributed by atoms with Crippen LogP contribution in [-0.2, 0) is 4.87 Å². The van der Waals surface area contributed by atoms with Crippen LogP contribution in [0.15, 0.2) is 23.1 Å². The Labute approximate surface area is 76.1 Å². The predicted molar refractivity (Wildman–Crippen MR) is 50.7 cm³/mol. The van der Waals surface area contributed by atoms with Crippen LogP contribution >= 0.6 is 12.6 Å². The average molecular weight is 185 g/mol. The first kappa shape index (κ1) is 9.19. The van der Waals surface area contributed by atoms with Crippen molar-refractivity contribution in [1.82, 2.24) is 4.57 Å². The highest BCUT2D eigenvalue weighted by molar-refractivity contribution is 7.81. The van der Waals surface area contributed by atoms with Gasteiger partial charge in [0.25, 0.3) is 5.56 Å². The van der Waals surface area contributed by atoms with Gasteiger partial charge in [0.1, 0.15) is 0 Å². The molecule has 0 radical (unpaired) electrons. The van der Waals surface area contributed by atoms with Crippen molar-refractivity contribution in [3.63, 3.8) is 0 Å². The molecule has 0 aliphatic heterocycles. The van der Waals surface area contributed by atoms with E-state index in [2.05, 4.69) is 12.6 Å². The van der Waals surface area contributed by atoms with Gasteiger partial charge in [-0.15, -0.1) is 0 Å². The van der Waals surface area contributed by atoms with Crippen molar-refractivity contribution < 1.29 is 5.11 Å². The predicted octanol–water partition coefficient (Wildman–Crippen LogP) is 1.18. The minimum atomic E-state index is -0.587. The molecule has 0 unspecified atom stereocenters. The van der Waals surface area contributed by atoms with Crippen LogP contribution in [0, 0.1) is 0 Å². The summed E-state index contributed by atoms with van der Waals surface area (Å²) in [6, 6.07) is 2.97. The maximum absolute atomic E-state index is 11.3. The quantitative estimate of drug-likeness (QED) is 0.645. The SMILES string of the molecule is CC(C)(S)n1cccc(O)c1=O. The largest absolute Gasteiger partial charge is 0.503 e. The normalized spacial score (nSPS) is 11.6. The lowest BCUT2D eigenvalue weighted by molar-refractivity contribution is 0.439. The van der Waals surface area contributed by atoms with Crippen molar-refractivity contribution in [3.05, 3.63) is 28.7 Å². The van der Waals surface area contributed by atoms with E-state index < -0.39 is 10.4 Å². The summed E-state index contributed by atoms with van der Waals surface area (Å²) in [4.78, 5) is 10.7. The number of thiol groups is 1. The molecule has 1 aromatic rings. The summed E-state index contributed by atoms with van der Waals surface area (Å²) in [5.41, 5.74) is -0.419. The van der Waals surface area contributed by atoms with Gasteiger partial charge in [-0.05, 0) is 26.0 Å². The molecule has 0 fully saturated rings. The first-order valence-electron chi connectivity index (χ1n) is 3.56. The molecular weight excluding hydrogens is 174 g/mol. The fraction of sp³-hybridized carbons (Fsp3) is 0.375. The molecule has 1 rings (SSSR count). The Kier molecular flexibility index (Phi) is 2.19. The molecule has 0 amide bonds. The summed E-state index contributed by atoms with van der Waals surface area (Å²) in [5, 5.41) is 9.10. The Morgan fingerprint density at radius 3 is 2.58 bits per heavy atom. The van der Waals surface area contributed by atoms with E-state index in [4.69, 9.17) is 5.11 Å². The number of hydrogen-bond donors (Lipinski definition) is 2. The molecule has 1 N–H and O–H groups in total. The van der Waals surface area contributed by atoms with Crippen molar-refractivity contribution >= 4 is 12.6 Å². The van der Waals surface area contributed by atoms with Gasteiger partial charge in [0.15, 0.2) is 5.75 Å². The summed E-state index contributed by atoms with van der Waals surface area (Å²) in [6.45, 7) is 3.55. The highest BCUT2D eigenvalue weighted by Gasteiger charge is 2.15. The van der Waals surface area contributed by atoms with Gasteiger partial charge in [0.2, 0.25) is 0 Å². The highest BCUT2D eigenvalue weighted by Crippen LogP contribution is 2.17. The summed E-state index contributed by atoms with van der Waals surface area (Å²) < 4.78 is 1.37. The van der Waals surface area contributed by atoms with E-state index in [-0.39, 0.29) is 5.75 Å². The van der Waals surface area contributed by atoms with Gasteiger partial charge in [0.05, 0.1) is 4.87 Å². The summed E-state index contributed by atoms with van der Waals surface area (Å²) in [5.74, 6) is -0.250. The van der Waals surface area contributed by atoms with Crippen molar-refractivity contribution in [2.24, 2.45) is 0 Å². The van der Waals surface area contributed by atoms with Crippen LogP contribution in [-0.4, -0.2) is 9.67 Å². The minimum Gasteiger partial charge on any atom is -0.503 e. The molecule has 0 aromatic carbocycles. The van der Waals surface area contributed by atoms with E-state index in [0.29, 0.717) is 0 Å². The molecule has 0 bridgehead atoms. The average Bonchev–Trinajstić information content (AvgIpc) is 1.92. The van der Waals surface area contributed by atoms with Gasteiger partial charge in [-0.25, -0.2) is 0 Å². The molecule has 0 saturated carbocycles. The Bertz CT molecular complexity index is 338. The molecule has 0 aliphatic rings. The molecule has 0 saturated heterocycles. The second-order valence-electron chi connectivity index (χ2n) is 3.06. The maximum Gasteiger partial charge on any atom is 0.293 e. The summed E-state index contributed by atoms with van der Waals surface area (Å²) >= 11 is 4.21. The summed E-state index contributed by atoms with van der Waals surface area (Å²) in [6.07, 6.45) is 1.59. The summed E-state index contributed by atoms with van der Waals surface area (Å²) in [7, 11) is 0. The zero-order valence-corrected chi connectivity index (χ0v) is 7.88. The highest BCUT2D eigenvalue weighted by atomic mass is 32.1. The monoisotopic (exact) mass is 185 g/mol. The number of aromatic nitrogens is 1. The number of pyridine rings is 1. The number of hydrogen-bond acceptors (Lipinski definition) is 3. The van der Waals surface area contributed by atoms with Crippen LogP contribution in [0.25, 0.3) is 0 Å². The van der Waals surface area contributed by atoms with E-state index >= 15 is 0 Å². The van der Waals surface area contributed by atoms with Crippen LogP contribution in [0.5, 0.6) is 5.75 Å². The molecule has 1 aromatic heterocycles. The van der Waals surface area contributed by atoms with Crippen LogP contribution < -0.4 is 5.56 Å². The fourth-order valence-electron chi connectivity index (χ4n) is 0.914. The first-order valence-corrected chi connectivity index (χ1v) is 4.01. The Balaban J connectivity index is 3.37. The lowest BCUT2D eigenvalue weighted by atomic mass is 10.3. The van der Waals surface area contributed by atoms with E-state index in [9.17, 15) is 4.79 Å². The Morgan fingerprint density at radius 2 is 2.17 bits per heavy atom. The van der Waals surface area contributed by atoms with Crippen LogP contribution in [0.3, 0.4) is 0 Å². The molecule has 4 heteroatoms. The molecule has 0 spiro atoms. The molecular formula is C8H11NO2S. The lowest BCUT2D eigenvalue weighted by Crippen LogP contribution is -2.30. The van der Waals surface area contributed by atoms with Crippen LogP contribution in [0.1, 0.15) is 13.8 Å². The fourth-order valence-corrected chi connectivity index (χ4v) is 1.07. The minimum absolute atomic E-state index is 0.250. The molecule has 0 aliphatic carbocycles. The van der Waals surface area contributed by atoms with E-state index in [0.717, 1.165) is 0 Å². The van der Waals surface area contributed by atoms with Crippen LogP contribution in [0.4, 0.5) is 0 Å². The zero-order chi connectivity index (χ0) is 9.35. The Morgan fingerprint density at radius 1 is 1.58 bits per heavy atom. The van der Waals surface area contributed by atoms with Crippen molar-refractivity contribution in [2.75, 3.05) is 0 Å². The van der Waals surface area contributed by atoms with Crippen molar-refractivity contribution in [2.45, 2.75) is 18.7 Å². The van der Waals surface area contributed by atoms with Gasteiger partial charge in [-0.3, -0.25) is 9.36 Å². The van der Waals surface area contributed by atoms with Gasteiger partial charge < -0.3 is 5.11 Å².